The van der Waals surface area contributed by atoms with Gasteiger partial charge < -0.3 is 5.32 Å². The molecule has 19 heavy (non-hydrogen) atoms. The number of carbonyl (C=O) groups is 1. The maximum atomic E-state index is 11.9. The molecule has 0 fully saturated rings. The zero-order chi connectivity index (χ0) is 14.1. The van der Waals surface area contributed by atoms with Gasteiger partial charge in [-0.2, -0.15) is 5.26 Å². The van der Waals surface area contributed by atoms with Crippen LogP contribution in [0.2, 0.25) is 0 Å². The number of halogens is 1. The summed E-state index contributed by atoms with van der Waals surface area (Å²) in [6, 6.07) is 8.67. The Labute approximate surface area is 119 Å². The van der Waals surface area contributed by atoms with Crippen molar-refractivity contribution in [1.82, 2.24) is 5.32 Å². The number of benzene rings is 1. The monoisotopic (exact) mass is 278 g/mol. The van der Waals surface area contributed by atoms with Crippen molar-refractivity contribution in [1.29, 1.82) is 5.26 Å². The molecule has 1 N–H and O–H groups in total. The number of nitrogens with one attached hydrogen (secondary N) is 1. The molecule has 0 spiro atoms. The van der Waals surface area contributed by atoms with Gasteiger partial charge >= 0.3 is 0 Å². The minimum absolute atomic E-state index is 0.0971. The molecule has 1 rings (SSSR count). The summed E-state index contributed by atoms with van der Waals surface area (Å²) >= 11 is 5.75. The summed E-state index contributed by atoms with van der Waals surface area (Å²) in [4.78, 5) is 11.9. The van der Waals surface area contributed by atoms with Gasteiger partial charge in [0.25, 0.3) is 5.91 Å². The van der Waals surface area contributed by atoms with Crippen molar-refractivity contribution >= 4 is 17.5 Å². The topological polar surface area (TPSA) is 52.9 Å². The first-order valence-corrected chi connectivity index (χ1v) is 7.09. The summed E-state index contributed by atoms with van der Waals surface area (Å²) in [5.74, 6) is 0.960. The molecule has 0 bridgehead atoms. The molecule has 1 aromatic rings. The number of rotatable bonds is 7. The zero-order valence-corrected chi connectivity index (χ0v) is 11.9. The van der Waals surface area contributed by atoms with Gasteiger partial charge in [-0.05, 0) is 43.0 Å². The average molecular weight is 279 g/mol. The average Bonchev–Trinajstić information content (AvgIpc) is 2.45. The normalized spacial score (nSPS) is 11.6. The van der Waals surface area contributed by atoms with Crippen LogP contribution in [0, 0.1) is 17.2 Å². The molecule has 1 aromatic carbocycles. The fourth-order valence-corrected chi connectivity index (χ4v) is 2.25. The fraction of sp³-hybridized carbons (Fsp3) is 0.467. The Hall–Kier alpha value is -1.53. The van der Waals surface area contributed by atoms with E-state index in [9.17, 15) is 4.79 Å². The van der Waals surface area contributed by atoms with Gasteiger partial charge in [0.15, 0.2) is 0 Å². The van der Waals surface area contributed by atoms with Crippen molar-refractivity contribution in [3.05, 3.63) is 35.4 Å². The van der Waals surface area contributed by atoms with E-state index in [-0.39, 0.29) is 5.91 Å². The summed E-state index contributed by atoms with van der Waals surface area (Å²) in [5, 5.41) is 11.6. The van der Waals surface area contributed by atoms with E-state index in [2.05, 4.69) is 12.2 Å². The Morgan fingerprint density at radius 3 is 2.58 bits per heavy atom. The molecule has 0 radical (unpaired) electrons. The van der Waals surface area contributed by atoms with E-state index in [0.717, 1.165) is 19.3 Å². The summed E-state index contributed by atoms with van der Waals surface area (Å²) in [6.45, 7) is 2.78. The molecule has 0 saturated heterocycles. The summed E-state index contributed by atoms with van der Waals surface area (Å²) in [6.07, 6.45) is 3.08. The highest BCUT2D eigenvalue weighted by Gasteiger charge is 2.10. The smallest absolute Gasteiger partial charge is 0.251 e. The Morgan fingerprint density at radius 1 is 1.37 bits per heavy atom. The van der Waals surface area contributed by atoms with Crippen LogP contribution in [0.4, 0.5) is 0 Å². The van der Waals surface area contributed by atoms with Gasteiger partial charge in [0.2, 0.25) is 0 Å². The van der Waals surface area contributed by atoms with E-state index in [0.29, 0.717) is 29.5 Å². The predicted octanol–water partition coefficient (Wildman–Crippen LogP) is 3.33. The number of carbonyl (C=O) groups excluding carboxylic acids is 1. The highest BCUT2D eigenvalue weighted by molar-refractivity contribution is 6.17. The van der Waals surface area contributed by atoms with Gasteiger partial charge in [0, 0.05) is 18.0 Å². The molecular weight excluding hydrogens is 260 g/mol. The lowest BCUT2D eigenvalue weighted by atomic mass is 10.0. The number of nitriles is 1. The lowest BCUT2D eigenvalue weighted by Crippen LogP contribution is -2.29. The molecule has 0 aromatic heterocycles. The summed E-state index contributed by atoms with van der Waals surface area (Å²) < 4.78 is 0. The number of hydrogen-bond acceptors (Lipinski definition) is 2. The molecule has 3 nitrogen and oxygen atoms in total. The van der Waals surface area contributed by atoms with Crippen molar-refractivity contribution in [3.8, 4) is 6.07 Å². The van der Waals surface area contributed by atoms with Crippen LogP contribution < -0.4 is 5.32 Å². The lowest BCUT2D eigenvalue weighted by molar-refractivity contribution is 0.0946. The van der Waals surface area contributed by atoms with E-state index in [1.807, 2.05) is 6.07 Å². The molecule has 4 heteroatoms. The molecular formula is C15H19ClN2O. The molecule has 102 valence electrons. The van der Waals surface area contributed by atoms with Crippen molar-refractivity contribution in [3.63, 3.8) is 0 Å². The third-order valence-corrected chi connectivity index (χ3v) is 3.26. The van der Waals surface area contributed by atoms with Crippen LogP contribution in [0.1, 0.15) is 42.1 Å². The molecule has 0 aliphatic heterocycles. The Kier molecular flexibility index (Phi) is 6.99. The third kappa shape index (κ3) is 5.32. The first-order valence-electron chi connectivity index (χ1n) is 6.55. The number of alkyl halides is 1. The van der Waals surface area contributed by atoms with E-state index < -0.39 is 0 Å². The van der Waals surface area contributed by atoms with Crippen LogP contribution in [-0.2, 0) is 0 Å². The number of nitrogens with zero attached hydrogens (tertiary/aromatic N) is 1. The fourth-order valence-electron chi connectivity index (χ4n) is 1.95. The maximum Gasteiger partial charge on any atom is 0.251 e. The van der Waals surface area contributed by atoms with Gasteiger partial charge in [0.05, 0.1) is 11.6 Å². The molecule has 1 atom stereocenters. The minimum Gasteiger partial charge on any atom is -0.352 e. The molecule has 0 saturated carbocycles. The van der Waals surface area contributed by atoms with E-state index in [1.54, 1.807) is 24.3 Å². The molecule has 1 unspecified atom stereocenters. The molecule has 0 aliphatic carbocycles. The third-order valence-electron chi connectivity index (χ3n) is 3.04. The van der Waals surface area contributed by atoms with Crippen LogP contribution in [0.25, 0.3) is 0 Å². The Balaban J connectivity index is 2.51. The second kappa shape index (κ2) is 8.55. The number of amides is 1. The van der Waals surface area contributed by atoms with Crippen molar-refractivity contribution < 1.29 is 4.79 Å². The maximum absolute atomic E-state index is 11.9. The quantitative estimate of drug-likeness (QED) is 0.778. The standard InChI is InChI=1S/C15H19ClN2O/c1-2-3-13(8-9-16)11-18-15(19)14-6-4-12(10-17)5-7-14/h4-7,13H,2-3,8-9,11H2,1H3,(H,18,19). The van der Waals surface area contributed by atoms with Crippen LogP contribution in [-0.4, -0.2) is 18.3 Å². The predicted molar refractivity (Wildman–Crippen MR) is 77.2 cm³/mol. The van der Waals surface area contributed by atoms with Crippen LogP contribution in [0.15, 0.2) is 24.3 Å². The highest BCUT2D eigenvalue weighted by atomic mass is 35.5. The van der Waals surface area contributed by atoms with Crippen molar-refractivity contribution in [2.24, 2.45) is 5.92 Å². The summed E-state index contributed by atoms with van der Waals surface area (Å²) in [7, 11) is 0. The molecule has 0 aliphatic rings. The Morgan fingerprint density at radius 2 is 2.05 bits per heavy atom. The van der Waals surface area contributed by atoms with Crippen LogP contribution in [0.5, 0.6) is 0 Å². The van der Waals surface area contributed by atoms with E-state index in [4.69, 9.17) is 16.9 Å². The highest BCUT2D eigenvalue weighted by Crippen LogP contribution is 2.11. The van der Waals surface area contributed by atoms with E-state index in [1.165, 1.54) is 0 Å². The molecule has 0 heterocycles. The van der Waals surface area contributed by atoms with Gasteiger partial charge in [-0.1, -0.05) is 13.3 Å². The summed E-state index contributed by atoms with van der Waals surface area (Å²) in [5.41, 5.74) is 1.14. The van der Waals surface area contributed by atoms with Gasteiger partial charge in [-0.15, -0.1) is 11.6 Å². The van der Waals surface area contributed by atoms with E-state index >= 15 is 0 Å². The Bertz CT molecular complexity index is 430. The second-order valence-corrected chi connectivity index (χ2v) is 4.91. The number of hydrogen-bond donors (Lipinski definition) is 1. The second-order valence-electron chi connectivity index (χ2n) is 4.53. The first-order chi connectivity index (χ1) is 9.21. The van der Waals surface area contributed by atoms with Gasteiger partial charge in [0.1, 0.15) is 0 Å². The van der Waals surface area contributed by atoms with Crippen molar-refractivity contribution in [2.45, 2.75) is 26.2 Å². The zero-order valence-electron chi connectivity index (χ0n) is 11.2. The van der Waals surface area contributed by atoms with Crippen molar-refractivity contribution in [2.75, 3.05) is 12.4 Å². The largest absolute Gasteiger partial charge is 0.352 e. The minimum atomic E-state index is -0.0971. The van der Waals surface area contributed by atoms with Crippen LogP contribution in [0.3, 0.4) is 0 Å². The SMILES string of the molecule is CCCC(CCCl)CNC(=O)c1ccc(C#N)cc1. The van der Waals surface area contributed by atoms with Gasteiger partial charge in [-0.25, -0.2) is 0 Å². The lowest BCUT2D eigenvalue weighted by Gasteiger charge is -2.15. The van der Waals surface area contributed by atoms with Gasteiger partial charge in [-0.3, -0.25) is 4.79 Å². The molecule has 1 amide bonds. The van der Waals surface area contributed by atoms with Crippen LogP contribution >= 0.6 is 11.6 Å². The first kappa shape index (κ1) is 15.5.